The number of carbonyl (C=O) groups is 1. The second kappa shape index (κ2) is 10.6. The van der Waals surface area contributed by atoms with E-state index in [-0.39, 0.29) is 22.9 Å². The van der Waals surface area contributed by atoms with Crippen molar-refractivity contribution in [2.75, 3.05) is 36.4 Å². The molecule has 1 aromatic heterocycles. The molecule has 0 saturated carbocycles. The van der Waals surface area contributed by atoms with Crippen molar-refractivity contribution in [3.63, 3.8) is 0 Å². The van der Waals surface area contributed by atoms with E-state index >= 15 is 0 Å². The van der Waals surface area contributed by atoms with Crippen LogP contribution >= 0.6 is 0 Å². The minimum absolute atomic E-state index is 0.0575. The van der Waals surface area contributed by atoms with Crippen LogP contribution in [-0.2, 0) is 21.0 Å². The van der Waals surface area contributed by atoms with Gasteiger partial charge in [-0.3, -0.25) is 4.79 Å². The van der Waals surface area contributed by atoms with Gasteiger partial charge in [-0.2, -0.15) is 17.5 Å². The number of alkyl halides is 3. The minimum Gasteiger partial charge on any atom is -0.369 e. The Morgan fingerprint density at radius 1 is 1.00 bits per heavy atom. The fourth-order valence-electron chi connectivity index (χ4n) is 4.69. The SMILES string of the molecule is CC(=O)N[C@H]1CCCN(c2ccc(S(=O)(=O)N3CCC(Nc4ccc(C(F)(F)F)cn4)CC3)cc2)C1. The Morgan fingerprint density at radius 3 is 2.28 bits per heavy atom. The Kier molecular flexibility index (Phi) is 7.74. The van der Waals surface area contributed by atoms with Gasteiger partial charge in [0, 0.05) is 57.1 Å². The van der Waals surface area contributed by atoms with Crippen molar-refractivity contribution in [2.45, 2.75) is 55.8 Å². The molecule has 12 heteroatoms. The molecule has 36 heavy (non-hydrogen) atoms. The second-order valence-corrected chi connectivity index (χ2v) is 11.2. The van der Waals surface area contributed by atoms with Crippen LogP contribution in [0.5, 0.6) is 0 Å². The molecule has 1 atom stereocenters. The first-order valence-corrected chi connectivity index (χ1v) is 13.4. The predicted octanol–water partition coefficient (Wildman–Crippen LogP) is 3.47. The van der Waals surface area contributed by atoms with Gasteiger partial charge in [0.25, 0.3) is 0 Å². The zero-order valence-corrected chi connectivity index (χ0v) is 20.8. The van der Waals surface area contributed by atoms with Crippen LogP contribution in [-0.4, -0.2) is 61.9 Å². The highest BCUT2D eigenvalue weighted by Crippen LogP contribution is 2.30. The van der Waals surface area contributed by atoms with Crippen LogP contribution in [0.1, 0.15) is 38.2 Å². The van der Waals surface area contributed by atoms with E-state index in [0.717, 1.165) is 37.3 Å². The third-order valence-corrected chi connectivity index (χ3v) is 8.48. The van der Waals surface area contributed by atoms with Crippen molar-refractivity contribution in [1.29, 1.82) is 0 Å². The molecule has 1 aromatic carbocycles. The molecule has 0 spiro atoms. The van der Waals surface area contributed by atoms with Gasteiger partial charge in [0.05, 0.1) is 10.5 Å². The summed E-state index contributed by atoms with van der Waals surface area (Å²) in [6.07, 6.45) is -0.767. The van der Waals surface area contributed by atoms with E-state index < -0.39 is 21.8 Å². The number of hydrogen-bond acceptors (Lipinski definition) is 6. The monoisotopic (exact) mass is 525 g/mol. The Morgan fingerprint density at radius 2 is 1.69 bits per heavy atom. The number of pyridine rings is 1. The molecular weight excluding hydrogens is 495 g/mol. The molecule has 2 aromatic rings. The van der Waals surface area contributed by atoms with Gasteiger partial charge >= 0.3 is 6.18 Å². The van der Waals surface area contributed by atoms with Crippen molar-refractivity contribution in [3.05, 3.63) is 48.2 Å². The number of rotatable bonds is 6. The molecule has 2 aliphatic rings. The summed E-state index contributed by atoms with van der Waals surface area (Å²) in [6, 6.07) is 9.08. The molecule has 0 radical (unpaired) electrons. The van der Waals surface area contributed by atoms with Crippen molar-refractivity contribution >= 4 is 27.4 Å². The van der Waals surface area contributed by atoms with Crippen LogP contribution in [0.3, 0.4) is 0 Å². The summed E-state index contributed by atoms with van der Waals surface area (Å²) in [7, 11) is -3.67. The van der Waals surface area contributed by atoms with Gasteiger partial charge in [0.2, 0.25) is 15.9 Å². The largest absolute Gasteiger partial charge is 0.417 e. The highest BCUT2D eigenvalue weighted by Gasteiger charge is 2.32. The average Bonchev–Trinajstić information content (AvgIpc) is 2.84. The summed E-state index contributed by atoms with van der Waals surface area (Å²) in [5.41, 5.74) is 0.101. The topological polar surface area (TPSA) is 94.6 Å². The quantitative estimate of drug-likeness (QED) is 0.600. The molecule has 1 amide bonds. The summed E-state index contributed by atoms with van der Waals surface area (Å²) in [5, 5.41) is 6.05. The van der Waals surface area contributed by atoms with Crippen LogP contribution in [0.2, 0.25) is 0 Å². The molecule has 2 saturated heterocycles. The molecule has 2 fully saturated rings. The Hall–Kier alpha value is -2.86. The van der Waals surface area contributed by atoms with Gasteiger partial charge in [-0.1, -0.05) is 0 Å². The number of halogens is 3. The van der Waals surface area contributed by atoms with Crippen LogP contribution in [0, 0.1) is 0 Å². The van der Waals surface area contributed by atoms with Crippen LogP contribution in [0.4, 0.5) is 24.7 Å². The number of carbonyl (C=O) groups excluding carboxylic acids is 1. The van der Waals surface area contributed by atoms with Crippen LogP contribution in [0.25, 0.3) is 0 Å². The van der Waals surface area contributed by atoms with Crippen LogP contribution in [0.15, 0.2) is 47.5 Å². The van der Waals surface area contributed by atoms with E-state index in [4.69, 9.17) is 0 Å². The third-order valence-electron chi connectivity index (χ3n) is 6.57. The minimum atomic E-state index is -4.44. The molecular formula is C24H30F3N5O3S. The maximum Gasteiger partial charge on any atom is 0.417 e. The summed E-state index contributed by atoms with van der Waals surface area (Å²) < 4.78 is 65.9. The van der Waals surface area contributed by atoms with E-state index in [0.29, 0.717) is 38.3 Å². The number of amides is 1. The maximum atomic E-state index is 13.2. The summed E-state index contributed by atoms with van der Waals surface area (Å²) in [5.74, 6) is 0.274. The molecule has 4 rings (SSSR count). The molecule has 3 heterocycles. The zero-order valence-electron chi connectivity index (χ0n) is 20.0. The van der Waals surface area contributed by atoms with Crippen LogP contribution < -0.4 is 15.5 Å². The summed E-state index contributed by atoms with van der Waals surface area (Å²) in [4.78, 5) is 17.6. The number of benzene rings is 1. The predicted molar refractivity (Wildman–Crippen MR) is 130 cm³/mol. The number of sulfonamides is 1. The van der Waals surface area contributed by atoms with E-state index in [1.165, 1.54) is 17.3 Å². The molecule has 196 valence electrons. The molecule has 0 unspecified atom stereocenters. The van der Waals surface area contributed by atoms with Gasteiger partial charge in [-0.25, -0.2) is 13.4 Å². The van der Waals surface area contributed by atoms with E-state index in [2.05, 4.69) is 20.5 Å². The summed E-state index contributed by atoms with van der Waals surface area (Å²) >= 11 is 0. The second-order valence-electron chi connectivity index (χ2n) is 9.23. The lowest BCUT2D eigenvalue weighted by Crippen LogP contribution is -2.47. The fourth-order valence-corrected chi connectivity index (χ4v) is 6.16. The normalized spacial score (nSPS) is 20.2. The fraction of sp³-hybridized carbons (Fsp3) is 0.500. The Balaban J connectivity index is 1.33. The van der Waals surface area contributed by atoms with Crippen molar-refractivity contribution < 1.29 is 26.4 Å². The van der Waals surface area contributed by atoms with E-state index in [1.54, 1.807) is 24.3 Å². The first-order valence-electron chi connectivity index (χ1n) is 11.9. The van der Waals surface area contributed by atoms with Gasteiger partial charge < -0.3 is 15.5 Å². The average molecular weight is 526 g/mol. The lowest BCUT2D eigenvalue weighted by Gasteiger charge is -2.35. The number of aromatic nitrogens is 1. The van der Waals surface area contributed by atoms with Gasteiger partial charge in [-0.15, -0.1) is 0 Å². The van der Waals surface area contributed by atoms with Crippen molar-refractivity contribution in [1.82, 2.24) is 14.6 Å². The van der Waals surface area contributed by atoms with Gasteiger partial charge in [0.15, 0.2) is 0 Å². The molecule has 2 aliphatic heterocycles. The van der Waals surface area contributed by atoms with Crippen molar-refractivity contribution in [3.8, 4) is 0 Å². The third kappa shape index (κ3) is 6.28. The first-order chi connectivity index (χ1) is 17.0. The number of nitrogens with zero attached hydrogens (tertiary/aromatic N) is 3. The Labute approximate surface area is 208 Å². The Bertz CT molecular complexity index is 1150. The first kappa shape index (κ1) is 26.2. The lowest BCUT2D eigenvalue weighted by atomic mass is 10.0. The standard InChI is InChI=1S/C24H30F3N5O3S/c1-17(33)29-20-3-2-12-31(16-20)21-5-7-22(8-6-21)36(34,35)32-13-10-19(11-14-32)30-23-9-4-18(15-28-23)24(25,26)27/h4-9,15,19-20H,2-3,10-14,16H2,1H3,(H,28,30)(H,29,33)/t20-/m0/s1. The molecule has 2 N–H and O–H groups in total. The van der Waals surface area contributed by atoms with E-state index in [9.17, 15) is 26.4 Å². The zero-order chi connectivity index (χ0) is 25.9. The summed E-state index contributed by atoms with van der Waals surface area (Å²) in [6.45, 7) is 3.62. The van der Waals surface area contributed by atoms with Crippen molar-refractivity contribution in [2.24, 2.45) is 0 Å². The maximum absolute atomic E-state index is 13.2. The number of nitrogens with one attached hydrogen (secondary N) is 2. The number of piperidine rings is 2. The highest BCUT2D eigenvalue weighted by atomic mass is 32.2. The molecule has 0 aliphatic carbocycles. The van der Waals surface area contributed by atoms with Gasteiger partial charge in [-0.05, 0) is 62.1 Å². The number of hydrogen-bond donors (Lipinski definition) is 2. The molecule has 0 bridgehead atoms. The highest BCUT2D eigenvalue weighted by molar-refractivity contribution is 7.89. The van der Waals surface area contributed by atoms with E-state index in [1.807, 2.05) is 0 Å². The van der Waals surface area contributed by atoms with Gasteiger partial charge in [0.1, 0.15) is 5.82 Å². The lowest BCUT2D eigenvalue weighted by molar-refractivity contribution is -0.137. The molecule has 8 nitrogen and oxygen atoms in total. The smallest absolute Gasteiger partial charge is 0.369 e. The number of anilines is 2.